The van der Waals surface area contributed by atoms with Crippen LogP contribution in [0.15, 0.2) is 43.0 Å². The van der Waals surface area contributed by atoms with Gasteiger partial charge in [0.15, 0.2) is 22.0 Å². The summed E-state index contributed by atoms with van der Waals surface area (Å²) in [5, 5.41) is 13.9. The highest BCUT2D eigenvalue weighted by Crippen LogP contribution is 2.50. The lowest BCUT2D eigenvalue weighted by Gasteiger charge is -2.28. The number of rotatable bonds is 10. The van der Waals surface area contributed by atoms with E-state index < -0.39 is 41.4 Å². The number of aliphatic hydroxyl groups is 1. The minimum absolute atomic E-state index is 0.164. The molecule has 0 amide bonds. The topological polar surface area (TPSA) is 156 Å². The van der Waals surface area contributed by atoms with E-state index in [1.165, 1.54) is 17.2 Å². The highest BCUT2D eigenvalue weighted by atomic mass is 35.5. The van der Waals surface area contributed by atoms with Gasteiger partial charge in [0.05, 0.1) is 19.0 Å². The van der Waals surface area contributed by atoms with Gasteiger partial charge in [-0.15, -0.1) is 0 Å². The van der Waals surface area contributed by atoms with Crippen molar-refractivity contribution in [2.75, 3.05) is 12.3 Å². The lowest BCUT2D eigenvalue weighted by atomic mass is 10.2. The Morgan fingerprint density at radius 1 is 1.29 bits per heavy atom. The summed E-state index contributed by atoms with van der Waals surface area (Å²) in [5.41, 5.74) is 6.52. The molecule has 4 N–H and O–H groups in total. The summed E-state index contributed by atoms with van der Waals surface area (Å²) < 4.78 is 22.9. The molecular formula is C22H27Cl2N6O6PS. The number of fused-ring (bicyclic) bond motifs is 1. The fourth-order valence-electron chi connectivity index (χ4n) is 3.65. The number of imidazole rings is 1. The second kappa shape index (κ2) is 11.6. The van der Waals surface area contributed by atoms with Gasteiger partial charge in [-0.25, -0.2) is 20.0 Å². The first-order chi connectivity index (χ1) is 17.9. The van der Waals surface area contributed by atoms with Crippen molar-refractivity contribution in [3.63, 3.8) is 0 Å². The molecule has 3 aromatic rings. The number of alkyl halides is 2. The highest BCUT2D eigenvalue weighted by Gasteiger charge is 2.56. The van der Waals surface area contributed by atoms with Crippen LogP contribution in [-0.4, -0.2) is 65.9 Å². The molecule has 38 heavy (non-hydrogen) atoms. The number of aromatic nitrogens is 4. The number of hydrogen-bond donors (Lipinski definition) is 3. The Morgan fingerprint density at radius 3 is 2.68 bits per heavy atom. The van der Waals surface area contributed by atoms with Crippen LogP contribution in [0, 0.1) is 0 Å². The summed E-state index contributed by atoms with van der Waals surface area (Å²) in [6.45, 7) is 1.39. The van der Waals surface area contributed by atoms with Gasteiger partial charge in [-0.05, 0) is 44.7 Å². The number of hydrogen-bond acceptors (Lipinski definition) is 11. The maximum atomic E-state index is 12.4. The van der Waals surface area contributed by atoms with Gasteiger partial charge in [0.1, 0.15) is 35.8 Å². The maximum Gasteiger partial charge on any atom is 0.323 e. The number of nitrogen functional groups attached to an aromatic ring is 1. The quantitative estimate of drug-likeness (QED) is 0.177. The molecule has 0 spiro atoms. The lowest BCUT2D eigenvalue weighted by Crippen LogP contribution is -2.39. The first kappa shape index (κ1) is 28.9. The van der Waals surface area contributed by atoms with Crippen LogP contribution in [-0.2, 0) is 30.6 Å². The zero-order valence-corrected chi connectivity index (χ0v) is 23.8. The van der Waals surface area contributed by atoms with E-state index in [4.69, 9.17) is 59.3 Å². The van der Waals surface area contributed by atoms with Gasteiger partial charge in [0.2, 0.25) is 0 Å². The number of nitrogens with two attached hydrogens (primary N) is 1. The van der Waals surface area contributed by atoms with E-state index in [0.29, 0.717) is 16.9 Å². The van der Waals surface area contributed by atoms with Gasteiger partial charge >= 0.3 is 12.6 Å². The van der Waals surface area contributed by atoms with Crippen molar-refractivity contribution in [1.29, 1.82) is 0 Å². The minimum Gasteiger partial charge on any atom is -0.462 e. The number of ether oxygens (including phenoxy) is 2. The normalized spacial score (nSPS) is 23.3. The molecule has 16 heteroatoms. The summed E-state index contributed by atoms with van der Waals surface area (Å²) in [6, 6.07) is 7.88. The number of esters is 1. The van der Waals surface area contributed by atoms with Crippen molar-refractivity contribution in [2.45, 2.75) is 55.7 Å². The van der Waals surface area contributed by atoms with Gasteiger partial charge in [-0.2, -0.15) is 0 Å². The van der Waals surface area contributed by atoms with Crippen LogP contribution in [0.3, 0.4) is 0 Å². The van der Waals surface area contributed by atoms with E-state index in [2.05, 4.69) is 20.0 Å². The number of anilines is 1. The molecule has 4 rings (SSSR count). The predicted octanol–water partition coefficient (Wildman–Crippen LogP) is 3.09. The molecule has 0 unspecified atom stereocenters. The second-order valence-corrected chi connectivity index (χ2v) is 13.3. The van der Waals surface area contributed by atoms with Crippen LogP contribution in [0.25, 0.3) is 11.2 Å². The van der Waals surface area contributed by atoms with Crippen molar-refractivity contribution in [1.82, 2.24) is 24.6 Å². The van der Waals surface area contributed by atoms with E-state index in [9.17, 15) is 9.90 Å². The van der Waals surface area contributed by atoms with Gasteiger partial charge in [-0.1, -0.05) is 41.4 Å². The third-order valence-electron chi connectivity index (χ3n) is 5.45. The zero-order chi connectivity index (χ0) is 27.7. The first-order valence-electron chi connectivity index (χ1n) is 11.5. The smallest absolute Gasteiger partial charge is 0.323 e. The molecule has 0 aliphatic carbocycles. The molecule has 12 nitrogen and oxygen atoms in total. The van der Waals surface area contributed by atoms with E-state index in [1.54, 1.807) is 45.0 Å². The average Bonchev–Trinajstić information content (AvgIpc) is 3.37. The van der Waals surface area contributed by atoms with Crippen LogP contribution in [0.1, 0.15) is 27.0 Å². The number of halogens is 2. The number of benzene rings is 1. The van der Waals surface area contributed by atoms with Crippen molar-refractivity contribution in [2.24, 2.45) is 0 Å². The van der Waals surface area contributed by atoms with E-state index in [-0.39, 0.29) is 18.5 Å². The van der Waals surface area contributed by atoms with Gasteiger partial charge < -0.3 is 29.4 Å². The SMILES string of the molecule is CC(C)OC(=O)[C@H](C)N[P@](=S)(OC[C@H]1O[C@@H](n2cnc3c(N)ncnc32)C(Cl)(Cl)[C@@H]1O)Oc1ccccc1. The Labute approximate surface area is 234 Å². The number of aliphatic hydroxyl groups excluding tert-OH is 1. The average molecular weight is 605 g/mol. The number of nitrogens with zero attached hydrogens (tertiary/aromatic N) is 4. The van der Waals surface area contributed by atoms with E-state index in [1.807, 2.05) is 6.07 Å². The molecule has 5 atom stereocenters. The van der Waals surface area contributed by atoms with Crippen LogP contribution in [0.5, 0.6) is 5.75 Å². The standard InChI is InChI=1S/C22H27Cl2N6O6PS/c1-12(2)34-20(32)13(3)29-37(38,36-14-7-5-4-6-8-14)33-9-15-17(31)22(23,24)21(35-15)30-11-28-16-18(25)26-10-27-19(16)30/h4-8,10-13,15,17,21,31H,9H2,1-3H3,(H,29,38)(H2,25,26,27)/t13-,15+,17+,21+,37-/m0/s1. The Balaban J connectivity index is 1.54. The van der Waals surface area contributed by atoms with Crippen LogP contribution >= 0.6 is 29.8 Å². The van der Waals surface area contributed by atoms with Crippen molar-refractivity contribution in [3.8, 4) is 5.75 Å². The van der Waals surface area contributed by atoms with Crippen molar-refractivity contribution in [3.05, 3.63) is 43.0 Å². The Morgan fingerprint density at radius 2 is 2.00 bits per heavy atom. The van der Waals surface area contributed by atoms with E-state index >= 15 is 0 Å². The van der Waals surface area contributed by atoms with Crippen molar-refractivity contribution >= 4 is 64.6 Å². The number of nitrogens with one attached hydrogen (secondary N) is 1. The van der Waals surface area contributed by atoms with Gasteiger partial charge in [0, 0.05) is 0 Å². The number of para-hydroxylation sites is 1. The molecular weight excluding hydrogens is 578 g/mol. The fraction of sp³-hybridized carbons (Fsp3) is 0.455. The van der Waals surface area contributed by atoms with Crippen LogP contribution < -0.4 is 15.3 Å². The summed E-state index contributed by atoms with van der Waals surface area (Å²) in [5.74, 6) is 0.0575. The molecule has 1 saturated heterocycles. The van der Waals surface area contributed by atoms with Crippen molar-refractivity contribution < 1.29 is 28.4 Å². The molecule has 2 aromatic heterocycles. The Hall–Kier alpha value is -2.09. The number of carbonyl (C=O) groups excluding carboxylic acids is 1. The molecule has 1 aliphatic heterocycles. The molecule has 0 radical (unpaired) electrons. The Kier molecular flexibility index (Phi) is 8.80. The summed E-state index contributed by atoms with van der Waals surface area (Å²) in [6.07, 6.45) is -1.21. The lowest BCUT2D eigenvalue weighted by molar-refractivity contribution is -0.149. The summed E-state index contributed by atoms with van der Waals surface area (Å²) in [4.78, 5) is 24.7. The summed E-state index contributed by atoms with van der Waals surface area (Å²) in [7, 11) is 0. The molecule has 1 aromatic carbocycles. The van der Waals surface area contributed by atoms with Gasteiger partial charge in [-0.3, -0.25) is 9.36 Å². The van der Waals surface area contributed by atoms with Gasteiger partial charge in [0.25, 0.3) is 0 Å². The zero-order valence-electron chi connectivity index (χ0n) is 20.6. The first-order valence-corrected chi connectivity index (χ1v) is 14.9. The maximum absolute atomic E-state index is 12.4. The molecule has 1 aliphatic rings. The molecule has 0 saturated carbocycles. The van der Waals surface area contributed by atoms with Crippen LogP contribution in [0.2, 0.25) is 0 Å². The molecule has 206 valence electrons. The van der Waals surface area contributed by atoms with E-state index in [0.717, 1.165) is 0 Å². The third-order valence-corrected chi connectivity index (χ3v) is 8.77. The summed E-state index contributed by atoms with van der Waals surface area (Å²) >= 11 is 18.8. The predicted molar refractivity (Wildman–Crippen MR) is 145 cm³/mol. The minimum atomic E-state index is -3.39. The van der Waals surface area contributed by atoms with Crippen LogP contribution in [0.4, 0.5) is 5.82 Å². The monoisotopic (exact) mass is 604 g/mol. The molecule has 3 heterocycles. The fourth-order valence-corrected chi connectivity index (χ4v) is 6.67. The molecule has 1 fully saturated rings. The number of carbonyl (C=O) groups is 1. The second-order valence-electron chi connectivity index (χ2n) is 8.76. The molecule has 0 bridgehead atoms. The highest BCUT2D eigenvalue weighted by molar-refractivity contribution is 8.09. The third kappa shape index (κ3) is 6.21. The largest absolute Gasteiger partial charge is 0.462 e. The Bertz CT molecular complexity index is 1330.